The van der Waals surface area contributed by atoms with Gasteiger partial charge in [0.05, 0.1) is 17.8 Å². The number of nitrogens with two attached hydrogens (primary N) is 1. The molecule has 0 aliphatic carbocycles. The van der Waals surface area contributed by atoms with Crippen LogP contribution in [0.1, 0.15) is 21.9 Å². The van der Waals surface area contributed by atoms with E-state index in [1.165, 1.54) is 0 Å². The number of nitrogens with zero attached hydrogens (tertiary/aromatic N) is 2. The maximum absolute atomic E-state index is 12.3. The Balaban J connectivity index is 1.60. The van der Waals surface area contributed by atoms with Gasteiger partial charge in [-0.15, -0.1) is 0 Å². The highest BCUT2D eigenvalue weighted by Gasteiger charge is 2.25. The van der Waals surface area contributed by atoms with Crippen molar-refractivity contribution in [2.45, 2.75) is 5.25 Å². The number of aromatic nitrogens is 1. The summed E-state index contributed by atoms with van der Waals surface area (Å²) in [5, 5.41) is 16.5. The van der Waals surface area contributed by atoms with Crippen LogP contribution in [0.3, 0.4) is 0 Å². The largest absolute Gasteiger partial charge is 0.423 e. The summed E-state index contributed by atoms with van der Waals surface area (Å²) >= 11 is 0. The molecular weight excluding hydrogens is 412 g/mol. The lowest BCUT2D eigenvalue weighted by atomic mass is 10.0. The average molecular weight is 430 g/mol. The van der Waals surface area contributed by atoms with Crippen LogP contribution < -0.4 is 10.5 Å². The number of rotatable bonds is 6. The number of benzene rings is 3. The van der Waals surface area contributed by atoms with Crippen molar-refractivity contribution >= 4 is 21.7 Å². The van der Waals surface area contributed by atoms with Gasteiger partial charge < -0.3 is 9.73 Å². The number of nitrogens with one attached hydrogen (secondary N) is 1. The maximum atomic E-state index is 12.3. The highest BCUT2D eigenvalue weighted by atomic mass is 32.2. The zero-order valence-electron chi connectivity index (χ0n) is 16.3. The summed E-state index contributed by atoms with van der Waals surface area (Å²) < 4.78 is 30.4. The van der Waals surface area contributed by atoms with E-state index in [-0.39, 0.29) is 6.01 Å². The second kappa shape index (κ2) is 8.44. The fraction of sp³-hybridized carbons (Fsp3) is 0.0435. The molecule has 0 amide bonds. The second-order valence-electron chi connectivity index (χ2n) is 6.85. The molecule has 4 rings (SSSR count). The first kappa shape index (κ1) is 20.3. The number of primary sulfonamides is 1. The molecule has 3 N–H and O–H groups in total. The Kier molecular flexibility index (Phi) is 5.54. The molecule has 1 atom stereocenters. The number of sulfonamides is 1. The fourth-order valence-electron chi connectivity index (χ4n) is 3.28. The second-order valence-corrected chi connectivity index (χ2v) is 8.50. The normalized spacial score (nSPS) is 12.1. The number of hydrogen-bond donors (Lipinski definition) is 2. The summed E-state index contributed by atoms with van der Waals surface area (Å²) in [5.74, 6) is 0.537. The van der Waals surface area contributed by atoms with E-state index in [1.54, 1.807) is 79.0 Å². The summed E-state index contributed by atoms with van der Waals surface area (Å²) in [4.78, 5) is 4.23. The molecule has 0 aliphatic rings. The Morgan fingerprint density at radius 2 is 1.68 bits per heavy atom. The minimum atomic E-state index is -3.89. The molecule has 4 aromatic rings. The summed E-state index contributed by atoms with van der Waals surface area (Å²) in [6, 6.07) is 25.0. The van der Waals surface area contributed by atoms with E-state index >= 15 is 0 Å². The van der Waals surface area contributed by atoms with Crippen LogP contribution >= 0.6 is 0 Å². The van der Waals surface area contributed by atoms with E-state index in [0.29, 0.717) is 28.1 Å². The lowest BCUT2D eigenvalue weighted by Crippen LogP contribution is -2.22. The van der Waals surface area contributed by atoms with Gasteiger partial charge in [0.2, 0.25) is 10.0 Å². The van der Waals surface area contributed by atoms with Crippen LogP contribution in [0, 0.1) is 11.3 Å². The van der Waals surface area contributed by atoms with Crippen molar-refractivity contribution in [3.63, 3.8) is 0 Å². The van der Waals surface area contributed by atoms with Crippen LogP contribution in [0.25, 0.3) is 11.3 Å². The van der Waals surface area contributed by atoms with Gasteiger partial charge in [-0.25, -0.2) is 18.5 Å². The number of hydrogen-bond acceptors (Lipinski definition) is 6. The first-order valence-corrected chi connectivity index (χ1v) is 10.9. The number of nitriles is 1. The molecule has 0 aliphatic heterocycles. The molecule has 7 nitrogen and oxygen atoms in total. The average Bonchev–Trinajstić information content (AvgIpc) is 3.22. The smallest absolute Gasteiger partial charge is 0.299 e. The fourth-order valence-corrected chi connectivity index (χ4v) is 4.34. The Morgan fingerprint density at radius 1 is 0.968 bits per heavy atom. The molecule has 0 spiro atoms. The Bertz CT molecular complexity index is 1340. The van der Waals surface area contributed by atoms with E-state index < -0.39 is 15.3 Å². The van der Waals surface area contributed by atoms with Gasteiger partial charge in [0, 0.05) is 11.3 Å². The van der Waals surface area contributed by atoms with Crippen LogP contribution in [-0.2, 0) is 10.0 Å². The molecule has 0 radical (unpaired) electrons. The molecule has 31 heavy (non-hydrogen) atoms. The number of oxazole rings is 1. The minimum absolute atomic E-state index is 0.253. The third-order valence-electron chi connectivity index (χ3n) is 4.68. The van der Waals surface area contributed by atoms with Crippen LogP contribution in [0.5, 0.6) is 0 Å². The van der Waals surface area contributed by atoms with Gasteiger partial charge in [-0.1, -0.05) is 42.5 Å². The van der Waals surface area contributed by atoms with Gasteiger partial charge in [0.25, 0.3) is 6.01 Å². The lowest BCUT2D eigenvalue weighted by Gasteiger charge is -2.16. The summed E-state index contributed by atoms with van der Waals surface area (Å²) in [7, 11) is -3.89. The van der Waals surface area contributed by atoms with Crippen LogP contribution in [0.4, 0.5) is 11.7 Å². The van der Waals surface area contributed by atoms with Gasteiger partial charge in [0.1, 0.15) is 5.25 Å². The van der Waals surface area contributed by atoms with Crippen LogP contribution in [0.2, 0.25) is 0 Å². The third-order valence-corrected chi connectivity index (χ3v) is 5.88. The maximum Gasteiger partial charge on any atom is 0.299 e. The van der Waals surface area contributed by atoms with Crippen molar-refractivity contribution in [3.05, 3.63) is 102 Å². The highest BCUT2D eigenvalue weighted by molar-refractivity contribution is 7.89. The minimum Gasteiger partial charge on any atom is -0.423 e. The molecule has 0 bridgehead atoms. The van der Waals surface area contributed by atoms with Crippen LogP contribution in [-0.4, -0.2) is 13.4 Å². The summed E-state index contributed by atoms with van der Waals surface area (Å²) in [6.07, 6.45) is 1.57. The van der Waals surface area contributed by atoms with E-state index in [0.717, 1.165) is 5.56 Å². The first-order chi connectivity index (χ1) is 14.9. The summed E-state index contributed by atoms with van der Waals surface area (Å²) in [5.41, 5.74) is 3.06. The topological polar surface area (TPSA) is 122 Å². The molecule has 154 valence electrons. The van der Waals surface area contributed by atoms with E-state index in [2.05, 4.69) is 16.4 Å². The molecule has 0 saturated heterocycles. The standard InChI is InChI=1S/C23H18N4O3S/c24-14-16-9-11-17(12-10-16)21-15-26-23(30-21)27-20-8-4-7-19(13-20)22(31(25,28)29)18-5-2-1-3-6-18/h1-13,15,22H,(H,26,27)(H2,25,28,29). The predicted molar refractivity (Wildman–Crippen MR) is 118 cm³/mol. The Labute approximate surface area is 179 Å². The van der Waals surface area contributed by atoms with Crippen molar-refractivity contribution in [2.24, 2.45) is 5.14 Å². The van der Waals surface area contributed by atoms with Crippen molar-refractivity contribution in [2.75, 3.05) is 5.32 Å². The van der Waals surface area contributed by atoms with Gasteiger partial charge in [-0.2, -0.15) is 5.26 Å². The molecule has 0 fully saturated rings. The predicted octanol–water partition coefficient (Wildman–Crippen LogP) is 4.33. The monoisotopic (exact) mass is 430 g/mol. The zero-order chi connectivity index (χ0) is 21.8. The SMILES string of the molecule is N#Cc1ccc(-c2cnc(Nc3cccc(C(c4ccccc4)S(N)(=O)=O)c3)o2)cc1. The first-order valence-electron chi connectivity index (χ1n) is 9.34. The molecule has 8 heteroatoms. The third kappa shape index (κ3) is 4.64. The highest BCUT2D eigenvalue weighted by Crippen LogP contribution is 2.31. The van der Waals surface area contributed by atoms with Crippen molar-refractivity contribution in [1.82, 2.24) is 4.98 Å². The van der Waals surface area contributed by atoms with E-state index in [1.807, 2.05) is 6.07 Å². The molecular formula is C23H18N4O3S. The Morgan fingerprint density at radius 3 is 2.35 bits per heavy atom. The number of anilines is 2. The van der Waals surface area contributed by atoms with Crippen LogP contribution in [0.15, 0.2) is 89.5 Å². The van der Waals surface area contributed by atoms with Crippen molar-refractivity contribution < 1.29 is 12.8 Å². The molecule has 1 heterocycles. The molecule has 3 aromatic carbocycles. The van der Waals surface area contributed by atoms with E-state index in [4.69, 9.17) is 14.8 Å². The molecule has 0 saturated carbocycles. The lowest BCUT2D eigenvalue weighted by molar-refractivity contribution is 0.591. The van der Waals surface area contributed by atoms with Gasteiger partial charge in [-0.3, -0.25) is 0 Å². The van der Waals surface area contributed by atoms with E-state index in [9.17, 15) is 8.42 Å². The van der Waals surface area contributed by atoms with Crippen molar-refractivity contribution in [3.8, 4) is 17.4 Å². The quantitative estimate of drug-likeness (QED) is 0.469. The van der Waals surface area contributed by atoms with Crippen molar-refractivity contribution in [1.29, 1.82) is 5.26 Å². The summed E-state index contributed by atoms with van der Waals surface area (Å²) in [6.45, 7) is 0. The van der Waals surface area contributed by atoms with Gasteiger partial charge in [0.15, 0.2) is 5.76 Å². The molecule has 1 aromatic heterocycles. The van der Waals surface area contributed by atoms with Gasteiger partial charge >= 0.3 is 0 Å². The Hall–Kier alpha value is -3.93. The van der Waals surface area contributed by atoms with Gasteiger partial charge in [-0.05, 0) is 47.5 Å². The molecule has 1 unspecified atom stereocenters. The zero-order valence-corrected chi connectivity index (χ0v) is 17.1.